The van der Waals surface area contributed by atoms with Crippen molar-refractivity contribution in [3.8, 4) is 0 Å². The highest BCUT2D eigenvalue weighted by Crippen LogP contribution is 2.37. The lowest BCUT2D eigenvalue weighted by Crippen LogP contribution is -2.44. The van der Waals surface area contributed by atoms with Crippen LogP contribution in [0.2, 0.25) is 0 Å². The van der Waals surface area contributed by atoms with Crippen LogP contribution in [0.5, 0.6) is 0 Å². The Balaban J connectivity index is 1.71. The second-order valence-corrected chi connectivity index (χ2v) is 6.97. The Kier molecular flexibility index (Phi) is 4.48. The van der Waals surface area contributed by atoms with Gasteiger partial charge in [-0.1, -0.05) is 20.8 Å². The molecular weight excluding hydrogens is 210 g/mol. The number of rotatable bonds is 2. The minimum atomic E-state index is 0.504. The summed E-state index contributed by atoms with van der Waals surface area (Å²) in [5.74, 6) is 0.926. The van der Waals surface area contributed by atoms with Gasteiger partial charge in [-0.3, -0.25) is 0 Å². The molecule has 0 amide bonds. The smallest absolute Gasteiger partial charge is 0.0480 e. The predicted octanol–water partition coefficient (Wildman–Crippen LogP) is 3.36. The molecule has 100 valence electrons. The first-order chi connectivity index (χ1) is 8.05. The SMILES string of the molecule is CC(C)(C)[C@H]1CC[C@H](NC2CCOCC2)CC1. The Hall–Kier alpha value is -0.0800. The van der Waals surface area contributed by atoms with Crippen molar-refractivity contribution in [3.63, 3.8) is 0 Å². The maximum absolute atomic E-state index is 5.41. The minimum Gasteiger partial charge on any atom is -0.381 e. The standard InChI is InChI=1S/C15H29NO/c1-15(2,3)12-4-6-13(7-5-12)16-14-8-10-17-11-9-14/h12-14,16H,4-11H2,1-3H3/t12-,13-. The van der Waals surface area contributed by atoms with Gasteiger partial charge in [-0.05, 0) is 49.9 Å². The normalized spacial score (nSPS) is 32.6. The van der Waals surface area contributed by atoms with Gasteiger partial charge in [0.2, 0.25) is 0 Å². The highest BCUT2D eigenvalue weighted by molar-refractivity contribution is 4.85. The molecule has 1 aliphatic carbocycles. The lowest BCUT2D eigenvalue weighted by molar-refractivity contribution is 0.0697. The third-order valence-electron chi connectivity index (χ3n) is 4.64. The molecule has 0 atom stereocenters. The topological polar surface area (TPSA) is 21.3 Å². The summed E-state index contributed by atoms with van der Waals surface area (Å²) >= 11 is 0. The zero-order valence-electron chi connectivity index (χ0n) is 11.8. The van der Waals surface area contributed by atoms with Gasteiger partial charge in [0.15, 0.2) is 0 Å². The van der Waals surface area contributed by atoms with Crippen LogP contribution < -0.4 is 5.32 Å². The summed E-state index contributed by atoms with van der Waals surface area (Å²) in [4.78, 5) is 0. The van der Waals surface area contributed by atoms with E-state index in [-0.39, 0.29) is 0 Å². The summed E-state index contributed by atoms with van der Waals surface area (Å²) in [6.07, 6.45) is 7.98. The van der Waals surface area contributed by atoms with E-state index >= 15 is 0 Å². The highest BCUT2D eigenvalue weighted by Gasteiger charge is 2.30. The maximum atomic E-state index is 5.41. The van der Waals surface area contributed by atoms with Crippen molar-refractivity contribution in [2.75, 3.05) is 13.2 Å². The molecule has 0 radical (unpaired) electrons. The van der Waals surface area contributed by atoms with Crippen LogP contribution in [-0.2, 0) is 4.74 Å². The van der Waals surface area contributed by atoms with Crippen molar-refractivity contribution in [3.05, 3.63) is 0 Å². The van der Waals surface area contributed by atoms with E-state index in [2.05, 4.69) is 26.1 Å². The molecule has 0 unspecified atom stereocenters. The summed E-state index contributed by atoms with van der Waals surface area (Å²) < 4.78 is 5.41. The van der Waals surface area contributed by atoms with Gasteiger partial charge < -0.3 is 10.1 Å². The summed E-state index contributed by atoms with van der Waals surface area (Å²) in [7, 11) is 0. The monoisotopic (exact) mass is 239 g/mol. The molecule has 2 heteroatoms. The van der Waals surface area contributed by atoms with Crippen LogP contribution >= 0.6 is 0 Å². The summed E-state index contributed by atoms with van der Waals surface area (Å²) in [6.45, 7) is 9.09. The van der Waals surface area contributed by atoms with Crippen LogP contribution in [0.1, 0.15) is 59.3 Å². The number of nitrogens with one attached hydrogen (secondary N) is 1. The third-order valence-corrected chi connectivity index (χ3v) is 4.64. The van der Waals surface area contributed by atoms with Crippen LogP contribution in [0.4, 0.5) is 0 Å². The average molecular weight is 239 g/mol. The molecule has 2 aliphatic rings. The van der Waals surface area contributed by atoms with Gasteiger partial charge in [-0.2, -0.15) is 0 Å². The van der Waals surface area contributed by atoms with Crippen LogP contribution in [0.15, 0.2) is 0 Å². The lowest BCUT2D eigenvalue weighted by Gasteiger charge is -2.38. The summed E-state index contributed by atoms with van der Waals surface area (Å²) in [6, 6.07) is 1.50. The lowest BCUT2D eigenvalue weighted by atomic mass is 9.71. The predicted molar refractivity (Wildman–Crippen MR) is 72.2 cm³/mol. The van der Waals surface area contributed by atoms with E-state index in [0.717, 1.165) is 31.2 Å². The van der Waals surface area contributed by atoms with E-state index < -0.39 is 0 Å². The molecule has 2 nitrogen and oxygen atoms in total. The molecule has 0 aromatic heterocycles. The molecule has 1 saturated heterocycles. The molecule has 2 rings (SSSR count). The molecular formula is C15H29NO. The van der Waals surface area contributed by atoms with Gasteiger partial charge in [0.25, 0.3) is 0 Å². The van der Waals surface area contributed by atoms with Crippen molar-refractivity contribution in [2.45, 2.75) is 71.4 Å². The molecule has 2 fully saturated rings. The third kappa shape index (κ3) is 3.96. The zero-order chi connectivity index (χ0) is 12.3. The first-order valence-corrected chi connectivity index (χ1v) is 7.39. The van der Waals surface area contributed by atoms with Gasteiger partial charge in [0, 0.05) is 25.3 Å². The second-order valence-electron chi connectivity index (χ2n) is 6.97. The van der Waals surface area contributed by atoms with Crippen LogP contribution in [-0.4, -0.2) is 25.3 Å². The second kappa shape index (κ2) is 5.71. The number of hydrogen-bond donors (Lipinski definition) is 1. The van der Waals surface area contributed by atoms with E-state index in [1.54, 1.807) is 0 Å². The Morgan fingerprint density at radius 2 is 1.35 bits per heavy atom. The van der Waals surface area contributed by atoms with Crippen molar-refractivity contribution >= 4 is 0 Å². The fourth-order valence-corrected chi connectivity index (χ4v) is 3.32. The van der Waals surface area contributed by atoms with E-state index in [4.69, 9.17) is 4.74 Å². The van der Waals surface area contributed by atoms with Gasteiger partial charge >= 0.3 is 0 Å². The van der Waals surface area contributed by atoms with Gasteiger partial charge in [-0.15, -0.1) is 0 Å². The Labute approximate surface area is 107 Å². The highest BCUT2D eigenvalue weighted by atomic mass is 16.5. The first kappa shape index (κ1) is 13.4. The Morgan fingerprint density at radius 3 is 1.88 bits per heavy atom. The molecule has 0 spiro atoms. The fourth-order valence-electron chi connectivity index (χ4n) is 3.32. The molecule has 0 aromatic carbocycles. The van der Waals surface area contributed by atoms with E-state index in [1.165, 1.54) is 38.5 Å². The number of ether oxygens (including phenoxy) is 1. The van der Waals surface area contributed by atoms with E-state index in [0.29, 0.717) is 5.41 Å². The number of hydrogen-bond acceptors (Lipinski definition) is 2. The van der Waals surface area contributed by atoms with Crippen molar-refractivity contribution in [2.24, 2.45) is 11.3 Å². The first-order valence-electron chi connectivity index (χ1n) is 7.39. The molecule has 1 N–H and O–H groups in total. The van der Waals surface area contributed by atoms with Crippen LogP contribution in [0.25, 0.3) is 0 Å². The largest absolute Gasteiger partial charge is 0.381 e. The molecule has 17 heavy (non-hydrogen) atoms. The maximum Gasteiger partial charge on any atom is 0.0480 e. The Morgan fingerprint density at radius 1 is 0.824 bits per heavy atom. The Bertz CT molecular complexity index is 220. The van der Waals surface area contributed by atoms with Crippen LogP contribution in [0.3, 0.4) is 0 Å². The minimum absolute atomic E-state index is 0.504. The van der Waals surface area contributed by atoms with Crippen molar-refractivity contribution in [1.82, 2.24) is 5.32 Å². The summed E-state index contributed by atoms with van der Waals surface area (Å²) in [5, 5.41) is 3.85. The van der Waals surface area contributed by atoms with E-state index in [1.807, 2.05) is 0 Å². The average Bonchev–Trinajstić information content (AvgIpc) is 2.30. The molecule has 0 aromatic rings. The van der Waals surface area contributed by atoms with E-state index in [9.17, 15) is 0 Å². The summed E-state index contributed by atoms with van der Waals surface area (Å²) in [5.41, 5.74) is 0.504. The van der Waals surface area contributed by atoms with Gasteiger partial charge in [0.1, 0.15) is 0 Å². The van der Waals surface area contributed by atoms with Crippen molar-refractivity contribution < 1.29 is 4.74 Å². The molecule has 1 saturated carbocycles. The van der Waals surface area contributed by atoms with Gasteiger partial charge in [0.05, 0.1) is 0 Å². The fraction of sp³-hybridized carbons (Fsp3) is 1.00. The molecule has 0 bridgehead atoms. The quantitative estimate of drug-likeness (QED) is 0.798. The molecule has 1 heterocycles. The molecule has 1 aliphatic heterocycles. The van der Waals surface area contributed by atoms with Crippen LogP contribution in [0, 0.1) is 11.3 Å². The van der Waals surface area contributed by atoms with Gasteiger partial charge in [-0.25, -0.2) is 0 Å². The zero-order valence-corrected chi connectivity index (χ0v) is 11.8. The van der Waals surface area contributed by atoms with Crippen molar-refractivity contribution in [1.29, 1.82) is 0 Å².